The minimum Gasteiger partial charge on any atom is -0.453 e. The molecule has 0 radical (unpaired) electrons. The molecule has 0 aliphatic carbocycles. The fraction of sp³-hybridized carbons (Fsp3) is 0.778. The lowest BCUT2D eigenvalue weighted by Crippen LogP contribution is -2.51. The molecule has 0 spiro atoms. The van der Waals surface area contributed by atoms with Crippen LogP contribution in [0.3, 0.4) is 0 Å². The molecule has 6 nitrogen and oxygen atoms in total. The van der Waals surface area contributed by atoms with Crippen LogP contribution >= 0.6 is 0 Å². The number of carbonyl (C=O) groups excluding carboxylic acids is 2. The standard InChI is InChI=1S/C9H14O6/c1-5-9(12,13)15-7(11)8(2,3)4-6(10)14-5/h5,12-13H,4H2,1-3H3. The SMILES string of the molecule is CC1OC(=O)CC(C)(C)C(=O)OC1(O)O. The molecule has 0 aromatic rings. The first-order valence-corrected chi connectivity index (χ1v) is 4.53. The summed E-state index contributed by atoms with van der Waals surface area (Å²) in [5.41, 5.74) is -1.13. The van der Waals surface area contributed by atoms with Crippen molar-refractivity contribution >= 4 is 11.9 Å². The van der Waals surface area contributed by atoms with Crippen molar-refractivity contribution in [3.8, 4) is 0 Å². The summed E-state index contributed by atoms with van der Waals surface area (Å²) in [5, 5.41) is 18.6. The van der Waals surface area contributed by atoms with Crippen LogP contribution < -0.4 is 0 Å². The summed E-state index contributed by atoms with van der Waals surface area (Å²) >= 11 is 0. The van der Waals surface area contributed by atoms with Gasteiger partial charge in [0.25, 0.3) is 0 Å². The second-order valence-corrected chi connectivity index (χ2v) is 4.24. The number of cyclic esters (lactones) is 2. The number of aliphatic hydroxyl groups is 2. The van der Waals surface area contributed by atoms with Crippen molar-refractivity contribution in [2.24, 2.45) is 5.41 Å². The van der Waals surface area contributed by atoms with Crippen molar-refractivity contribution in [1.29, 1.82) is 0 Å². The average Bonchev–Trinajstić information content (AvgIpc) is 2.00. The van der Waals surface area contributed by atoms with Gasteiger partial charge in [0.2, 0.25) is 0 Å². The Morgan fingerprint density at radius 3 is 2.40 bits per heavy atom. The van der Waals surface area contributed by atoms with E-state index in [-0.39, 0.29) is 6.42 Å². The van der Waals surface area contributed by atoms with Crippen LogP contribution in [-0.4, -0.2) is 34.2 Å². The van der Waals surface area contributed by atoms with Gasteiger partial charge in [-0.25, -0.2) is 0 Å². The topological polar surface area (TPSA) is 93.1 Å². The number of hydrogen-bond acceptors (Lipinski definition) is 6. The van der Waals surface area contributed by atoms with E-state index in [4.69, 9.17) is 0 Å². The van der Waals surface area contributed by atoms with E-state index in [0.717, 1.165) is 0 Å². The van der Waals surface area contributed by atoms with Gasteiger partial charge in [0.1, 0.15) is 0 Å². The van der Waals surface area contributed by atoms with Crippen molar-refractivity contribution in [3.05, 3.63) is 0 Å². The third kappa shape index (κ3) is 2.45. The first-order chi connectivity index (χ1) is 6.65. The Balaban J connectivity index is 2.97. The summed E-state index contributed by atoms with van der Waals surface area (Å²) in [6, 6.07) is 0. The third-order valence-electron chi connectivity index (χ3n) is 2.22. The first-order valence-electron chi connectivity index (χ1n) is 4.53. The van der Waals surface area contributed by atoms with E-state index in [1.54, 1.807) is 0 Å². The molecule has 1 aliphatic heterocycles. The highest BCUT2D eigenvalue weighted by atomic mass is 16.8. The van der Waals surface area contributed by atoms with Crippen molar-refractivity contribution in [1.82, 2.24) is 0 Å². The van der Waals surface area contributed by atoms with Crippen molar-refractivity contribution in [2.45, 2.75) is 39.3 Å². The van der Waals surface area contributed by atoms with E-state index in [2.05, 4.69) is 9.47 Å². The van der Waals surface area contributed by atoms with Crippen LogP contribution in [0.4, 0.5) is 0 Å². The minimum absolute atomic E-state index is 0.160. The number of carbonyl (C=O) groups is 2. The molecular weight excluding hydrogens is 204 g/mol. The number of ether oxygens (including phenoxy) is 2. The van der Waals surface area contributed by atoms with Crippen LogP contribution in [0.5, 0.6) is 0 Å². The van der Waals surface area contributed by atoms with Gasteiger partial charge in [-0.2, -0.15) is 0 Å². The highest BCUT2D eigenvalue weighted by molar-refractivity contribution is 5.83. The summed E-state index contributed by atoms with van der Waals surface area (Å²) in [7, 11) is 0. The summed E-state index contributed by atoms with van der Waals surface area (Å²) < 4.78 is 9.12. The van der Waals surface area contributed by atoms with E-state index < -0.39 is 29.4 Å². The fourth-order valence-electron chi connectivity index (χ4n) is 1.11. The quantitative estimate of drug-likeness (QED) is 0.421. The Hall–Kier alpha value is -1.14. The molecule has 2 N–H and O–H groups in total. The largest absolute Gasteiger partial charge is 0.453 e. The molecule has 1 heterocycles. The lowest BCUT2D eigenvalue weighted by molar-refractivity contribution is -0.362. The van der Waals surface area contributed by atoms with Crippen LogP contribution in [0.15, 0.2) is 0 Å². The van der Waals surface area contributed by atoms with Crippen LogP contribution in [0.1, 0.15) is 27.2 Å². The maximum Gasteiger partial charge on any atom is 0.363 e. The molecule has 1 unspecified atom stereocenters. The summed E-state index contributed by atoms with van der Waals surface area (Å²) in [6.45, 7) is 4.15. The molecule has 1 rings (SSSR count). The van der Waals surface area contributed by atoms with Crippen LogP contribution in [0.2, 0.25) is 0 Å². The Bertz CT molecular complexity index is 293. The molecule has 15 heavy (non-hydrogen) atoms. The van der Waals surface area contributed by atoms with Gasteiger partial charge >= 0.3 is 17.9 Å². The normalized spacial score (nSPS) is 29.8. The Morgan fingerprint density at radius 1 is 1.33 bits per heavy atom. The number of esters is 2. The minimum atomic E-state index is -2.77. The van der Waals surface area contributed by atoms with Crippen molar-refractivity contribution < 1.29 is 29.3 Å². The third-order valence-corrected chi connectivity index (χ3v) is 2.22. The van der Waals surface area contributed by atoms with Crippen molar-refractivity contribution in [3.63, 3.8) is 0 Å². The van der Waals surface area contributed by atoms with Gasteiger partial charge < -0.3 is 19.7 Å². The lowest BCUT2D eigenvalue weighted by Gasteiger charge is -2.34. The Morgan fingerprint density at radius 2 is 1.87 bits per heavy atom. The Labute approximate surface area is 86.8 Å². The zero-order valence-electron chi connectivity index (χ0n) is 8.81. The summed E-state index contributed by atoms with van der Waals surface area (Å²) in [6.07, 6.45) is -1.48. The van der Waals surface area contributed by atoms with Gasteiger partial charge in [0.15, 0.2) is 6.10 Å². The predicted octanol–water partition coefficient (Wildman–Crippen LogP) is -0.470. The van der Waals surface area contributed by atoms with Crippen molar-refractivity contribution in [2.75, 3.05) is 0 Å². The van der Waals surface area contributed by atoms with Gasteiger partial charge in [0.05, 0.1) is 11.8 Å². The molecule has 1 atom stereocenters. The predicted molar refractivity (Wildman–Crippen MR) is 47.2 cm³/mol. The molecular formula is C9H14O6. The summed E-state index contributed by atoms with van der Waals surface area (Å²) in [4.78, 5) is 22.7. The first kappa shape index (κ1) is 11.9. The van der Waals surface area contributed by atoms with Gasteiger partial charge in [-0.15, -0.1) is 0 Å². The van der Waals surface area contributed by atoms with Gasteiger partial charge in [0, 0.05) is 0 Å². The summed E-state index contributed by atoms with van der Waals surface area (Å²) in [5.74, 6) is -4.29. The van der Waals surface area contributed by atoms with E-state index in [9.17, 15) is 19.8 Å². The number of rotatable bonds is 0. The molecule has 6 heteroatoms. The second kappa shape index (κ2) is 3.46. The Kier molecular flexibility index (Phi) is 2.75. The van der Waals surface area contributed by atoms with Crippen LogP contribution in [-0.2, 0) is 19.1 Å². The molecule has 1 aliphatic rings. The molecule has 0 aromatic carbocycles. The number of hydrogen-bond donors (Lipinski definition) is 2. The van der Waals surface area contributed by atoms with E-state index in [0.29, 0.717) is 0 Å². The van der Waals surface area contributed by atoms with Crippen LogP contribution in [0.25, 0.3) is 0 Å². The molecule has 0 saturated carbocycles. The molecule has 1 saturated heterocycles. The highest BCUT2D eigenvalue weighted by Crippen LogP contribution is 2.29. The molecule has 1 fully saturated rings. The van der Waals surface area contributed by atoms with Gasteiger partial charge in [-0.05, 0) is 20.8 Å². The maximum atomic E-state index is 11.4. The molecule has 0 amide bonds. The van der Waals surface area contributed by atoms with Gasteiger partial charge in [-0.3, -0.25) is 9.59 Å². The smallest absolute Gasteiger partial charge is 0.363 e. The van der Waals surface area contributed by atoms with E-state index >= 15 is 0 Å². The highest BCUT2D eigenvalue weighted by Gasteiger charge is 2.46. The van der Waals surface area contributed by atoms with Gasteiger partial charge in [-0.1, -0.05) is 0 Å². The molecule has 86 valence electrons. The average molecular weight is 218 g/mol. The maximum absolute atomic E-state index is 11.4. The van der Waals surface area contributed by atoms with E-state index in [1.807, 2.05) is 0 Å². The fourth-order valence-corrected chi connectivity index (χ4v) is 1.11. The van der Waals surface area contributed by atoms with Crippen LogP contribution in [0, 0.1) is 5.41 Å². The zero-order valence-corrected chi connectivity index (χ0v) is 8.81. The second-order valence-electron chi connectivity index (χ2n) is 4.24. The molecule has 0 bridgehead atoms. The lowest BCUT2D eigenvalue weighted by atomic mass is 9.89. The monoisotopic (exact) mass is 218 g/mol. The molecule has 0 aromatic heterocycles. The zero-order chi connectivity index (χ0) is 11.9. The van der Waals surface area contributed by atoms with E-state index in [1.165, 1.54) is 20.8 Å².